The van der Waals surface area contributed by atoms with Crippen molar-refractivity contribution in [1.82, 2.24) is 24.6 Å². The van der Waals surface area contributed by atoms with Crippen LogP contribution in [0.3, 0.4) is 0 Å². The second-order valence-electron chi connectivity index (χ2n) is 7.31. The Morgan fingerprint density at radius 2 is 1.84 bits per heavy atom. The minimum atomic E-state index is -0.702. The van der Waals surface area contributed by atoms with Crippen molar-refractivity contribution in [2.75, 3.05) is 0 Å². The molecule has 4 aromatic rings. The smallest absolute Gasteiger partial charge is 0.316 e. The third-order valence-corrected chi connectivity index (χ3v) is 5.42. The number of hydrogen-bond acceptors (Lipinski definition) is 4. The van der Waals surface area contributed by atoms with Crippen molar-refractivity contribution < 1.29 is 4.79 Å². The second kappa shape index (κ2) is 8.06. The van der Waals surface area contributed by atoms with Gasteiger partial charge in [0.2, 0.25) is 0 Å². The van der Waals surface area contributed by atoms with Gasteiger partial charge in [0, 0.05) is 29.9 Å². The number of nitrogens with zero attached hydrogens (tertiary/aromatic N) is 3. The van der Waals surface area contributed by atoms with Crippen LogP contribution in [-0.2, 0) is 13.1 Å². The number of carbonyl (C=O) groups is 1. The maximum Gasteiger partial charge on any atom is 0.316 e. The first-order valence-corrected chi connectivity index (χ1v) is 10.1. The van der Waals surface area contributed by atoms with Gasteiger partial charge in [-0.25, -0.2) is 4.68 Å². The van der Waals surface area contributed by atoms with Crippen molar-refractivity contribution in [3.8, 4) is 5.69 Å². The van der Waals surface area contributed by atoms with Gasteiger partial charge >= 0.3 is 11.1 Å². The quantitative estimate of drug-likeness (QED) is 0.487. The Morgan fingerprint density at radius 3 is 2.55 bits per heavy atom. The van der Waals surface area contributed by atoms with Crippen LogP contribution >= 0.6 is 0 Å². The Bertz CT molecular complexity index is 1400. The lowest BCUT2D eigenvalue weighted by Crippen LogP contribution is -2.36. The van der Waals surface area contributed by atoms with Crippen molar-refractivity contribution in [3.63, 3.8) is 0 Å². The van der Waals surface area contributed by atoms with Crippen LogP contribution in [-0.4, -0.2) is 25.2 Å². The van der Waals surface area contributed by atoms with Crippen LogP contribution in [0.25, 0.3) is 16.7 Å². The molecule has 2 heterocycles. The third-order valence-electron chi connectivity index (χ3n) is 5.42. The van der Waals surface area contributed by atoms with Gasteiger partial charge in [0.1, 0.15) is 0 Å². The summed E-state index contributed by atoms with van der Waals surface area (Å²) in [4.78, 5) is 39.2. The van der Waals surface area contributed by atoms with E-state index in [1.807, 2.05) is 48.9 Å². The summed E-state index contributed by atoms with van der Waals surface area (Å²) < 4.78 is 3.25. The van der Waals surface area contributed by atoms with E-state index in [0.29, 0.717) is 29.7 Å². The van der Waals surface area contributed by atoms with Gasteiger partial charge in [-0.3, -0.25) is 14.4 Å². The molecule has 0 saturated heterocycles. The molecular weight excluding hydrogens is 394 g/mol. The molecule has 0 atom stereocenters. The predicted molar refractivity (Wildman–Crippen MR) is 119 cm³/mol. The van der Waals surface area contributed by atoms with Gasteiger partial charge in [0.05, 0.1) is 22.4 Å². The zero-order chi connectivity index (χ0) is 22.1. The van der Waals surface area contributed by atoms with E-state index in [9.17, 15) is 14.4 Å². The van der Waals surface area contributed by atoms with E-state index in [2.05, 4.69) is 15.4 Å². The van der Waals surface area contributed by atoms with Gasteiger partial charge in [-0.1, -0.05) is 18.2 Å². The predicted octanol–water partition coefficient (Wildman–Crippen LogP) is 2.44. The summed E-state index contributed by atoms with van der Waals surface area (Å²) in [5.74, 6) is -0.275. The molecule has 158 valence electrons. The number of carbonyl (C=O) groups excluding carboxylic acids is 1. The number of aromatic nitrogens is 4. The van der Waals surface area contributed by atoms with Crippen LogP contribution in [0.2, 0.25) is 0 Å². The number of nitrogens with one attached hydrogen (secondary N) is 2. The number of aryl methyl sites for hydroxylation is 2. The highest BCUT2D eigenvalue weighted by molar-refractivity contribution is 5.97. The molecule has 0 aliphatic heterocycles. The molecule has 1 amide bonds. The Labute approximate surface area is 178 Å². The van der Waals surface area contributed by atoms with Crippen molar-refractivity contribution >= 4 is 16.9 Å². The van der Waals surface area contributed by atoms with Gasteiger partial charge in [-0.2, -0.15) is 5.10 Å². The molecule has 2 aromatic carbocycles. The fraction of sp³-hybridized carbons (Fsp3) is 0.217. The highest BCUT2D eigenvalue weighted by Crippen LogP contribution is 2.18. The van der Waals surface area contributed by atoms with Crippen molar-refractivity contribution in [1.29, 1.82) is 0 Å². The summed E-state index contributed by atoms with van der Waals surface area (Å²) in [6.45, 7) is 6.38. The Kier molecular flexibility index (Phi) is 5.29. The molecule has 0 aliphatic rings. The standard InChI is InChI=1S/C23H23N5O3/c1-4-27-20-11-10-16(12-19(20)25-22(30)23(27)31)21(29)24-13-18-14(2)26-28(15(18)3)17-8-6-5-7-9-17/h5-12H,4,13H2,1-3H3,(H,24,29)(H,25,30). The summed E-state index contributed by atoms with van der Waals surface area (Å²) in [5, 5.41) is 7.53. The SMILES string of the molecule is CCn1c(=O)c(=O)[nH]c2cc(C(=O)NCc3c(C)nn(-c4ccccc4)c3C)ccc21. The third kappa shape index (κ3) is 3.68. The molecule has 31 heavy (non-hydrogen) atoms. The summed E-state index contributed by atoms with van der Waals surface area (Å²) in [6.07, 6.45) is 0. The number of hydrogen-bond donors (Lipinski definition) is 2. The number of aromatic amines is 1. The monoisotopic (exact) mass is 417 g/mol. The second-order valence-corrected chi connectivity index (χ2v) is 7.31. The lowest BCUT2D eigenvalue weighted by Gasteiger charge is -2.10. The number of benzene rings is 2. The van der Waals surface area contributed by atoms with Gasteiger partial charge in [0.15, 0.2) is 0 Å². The summed E-state index contributed by atoms with van der Waals surface area (Å²) in [7, 11) is 0. The molecular formula is C23H23N5O3. The molecule has 8 nitrogen and oxygen atoms in total. The molecule has 8 heteroatoms. The van der Waals surface area contributed by atoms with E-state index in [-0.39, 0.29) is 5.91 Å². The van der Waals surface area contributed by atoms with Crippen molar-refractivity contribution in [2.24, 2.45) is 0 Å². The largest absolute Gasteiger partial charge is 0.348 e. The van der Waals surface area contributed by atoms with Crippen LogP contribution in [0.4, 0.5) is 0 Å². The first-order valence-electron chi connectivity index (χ1n) is 10.1. The van der Waals surface area contributed by atoms with E-state index in [1.54, 1.807) is 25.1 Å². The fourth-order valence-electron chi connectivity index (χ4n) is 3.76. The molecule has 0 unspecified atom stereocenters. The van der Waals surface area contributed by atoms with Gasteiger partial charge in [0.25, 0.3) is 5.91 Å². The Morgan fingerprint density at radius 1 is 1.10 bits per heavy atom. The highest BCUT2D eigenvalue weighted by atomic mass is 16.2. The van der Waals surface area contributed by atoms with E-state index in [1.165, 1.54) is 4.57 Å². The van der Waals surface area contributed by atoms with Crippen LogP contribution in [0.5, 0.6) is 0 Å². The zero-order valence-electron chi connectivity index (χ0n) is 17.6. The van der Waals surface area contributed by atoms with E-state index in [0.717, 1.165) is 22.6 Å². The van der Waals surface area contributed by atoms with Gasteiger partial charge < -0.3 is 14.9 Å². The molecule has 0 fully saturated rings. The number of fused-ring (bicyclic) bond motifs is 1. The minimum absolute atomic E-state index is 0.275. The first kappa shape index (κ1) is 20.3. The molecule has 0 radical (unpaired) electrons. The number of H-pyrrole nitrogens is 1. The van der Waals surface area contributed by atoms with E-state index >= 15 is 0 Å². The normalized spacial score (nSPS) is 11.1. The van der Waals surface area contributed by atoms with Crippen LogP contribution in [0, 0.1) is 13.8 Å². The molecule has 2 N–H and O–H groups in total. The maximum atomic E-state index is 12.8. The van der Waals surface area contributed by atoms with Crippen LogP contribution in [0.1, 0.15) is 34.2 Å². The van der Waals surface area contributed by atoms with Crippen LogP contribution in [0.15, 0.2) is 58.1 Å². The molecule has 0 spiro atoms. The topological polar surface area (TPSA) is 102 Å². The minimum Gasteiger partial charge on any atom is -0.348 e. The van der Waals surface area contributed by atoms with Gasteiger partial charge in [-0.05, 0) is 51.1 Å². The van der Waals surface area contributed by atoms with E-state index in [4.69, 9.17) is 0 Å². The van der Waals surface area contributed by atoms with Crippen molar-refractivity contribution in [2.45, 2.75) is 33.9 Å². The van der Waals surface area contributed by atoms with Crippen molar-refractivity contribution in [3.05, 3.63) is 91.8 Å². The summed E-state index contributed by atoms with van der Waals surface area (Å²) in [5.41, 5.74) is 3.83. The lowest BCUT2D eigenvalue weighted by molar-refractivity contribution is 0.0951. The lowest BCUT2D eigenvalue weighted by atomic mass is 10.1. The summed E-state index contributed by atoms with van der Waals surface area (Å²) in [6, 6.07) is 14.7. The molecule has 0 aliphatic carbocycles. The molecule has 0 saturated carbocycles. The summed E-state index contributed by atoms with van der Waals surface area (Å²) >= 11 is 0. The Balaban J connectivity index is 1.59. The maximum absolute atomic E-state index is 12.8. The number of para-hydroxylation sites is 1. The highest BCUT2D eigenvalue weighted by Gasteiger charge is 2.15. The molecule has 4 rings (SSSR count). The molecule has 0 bridgehead atoms. The molecule has 2 aromatic heterocycles. The fourth-order valence-corrected chi connectivity index (χ4v) is 3.76. The number of amides is 1. The first-order chi connectivity index (χ1) is 14.9. The average Bonchev–Trinajstić information content (AvgIpc) is 3.06. The zero-order valence-corrected chi connectivity index (χ0v) is 17.6. The van der Waals surface area contributed by atoms with Gasteiger partial charge in [-0.15, -0.1) is 0 Å². The van der Waals surface area contributed by atoms with E-state index < -0.39 is 11.1 Å². The Hall–Kier alpha value is -3.94. The average molecular weight is 417 g/mol. The van der Waals surface area contributed by atoms with Crippen LogP contribution < -0.4 is 16.4 Å². The number of rotatable bonds is 5.